The second-order valence-electron chi connectivity index (χ2n) is 2.21. The second kappa shape index (κ2) is 3.84. The molecule has 0 aromatic rings. The fraction of sp³-hybridized carbons (Fsp3) is 0.500. The predicted molar refractivity (Wildman–Crippen MR) is 47.7 cm³/mol. The van der Waals surface area contributed by atoms with Crippen molar-refractivity contribution >= 4 is 11.9 Å². The highest BCUT2D eigenvalue weighted by Gasteiger charge is 2.10. The first-order valence-corrected chi connectivity index (χ1v) is 4.45. The Hall–Kier alpha value is -0.210. The minimum absolute atomic E-state index is 1.02. The highest BCUT2D eigenvalue weighted by atomic mass is 32.2. The molecule has 2 heteroatoms. The quantitative estimate of drug-likeness (QED) is 0.584. The van der Waals surface area contributed by atoms with Gasteiger partial charge in [-0.25, -0.2) is 0 Å². The van der Waals surface area contributed by atoms with Gasteiger partial charge in [0.1, 0.15) is 0 Å². The average Bonchev–Trinajstić information content (AvgIpc) is 2.36. The molecule has 1 saturated heterocycles. The first-order chi connectivity index (χ1) is 4.88. The van der Waals surface area contributed by atoms with Gasteiger partial charge in [0.15, 0.2) is 0 Å². The molecule has 1 N–H and O–H groups in total. The minimum atomic E-state index is 1.02. The van der Waals surface area contributed by atoms with Crippen molar-refractivity contribution in [2.24, 2.45) is 0 Å². The van der Waals surface area contributed by atoms with E-state index in [2.05, 4.69) is 30.7 Å². The number of hydrogen-bond acceptors (Lipinski definition) is 2. The van der Waals surface area contributed by atoms with Crippen LogP contribution in [0.3, 0.4) is 0 Å². The summed E-state index contributed by atoms with van der Waals surface area (Å²) in [7, 11) is 0. The minimum Gasteiger partial charge on any atom is -0.255 e. The van der Waals surface area contributed by atoms with Crippen LogP contribution in [0.4, 0.5) is 0 Å². The Labute approximate surface area is 66.7 Å². The molecule has 1 aliphatic heterocycles. The molecular formula is C8H13NS. The summed E-state index contributed by atoms with van der Waals surface area (Å²) in [5.41, 5.74) is 1.44. The molecule has 0 aromatic heterocycles. The van der Waals surface area contributed by atoms with Gasteiger partial charge in [-0.15, -0.1) is 0 Å². The SMILES string of the molecule is C/C=C1/CNS/C1=C/CC. The summed E-state index contributed by atoms with van der Waals surface area (Å²) in [6.45, 7) is 5.28. The molecule has 0 spiro atoms. The average molecular weight is 155 g/mol. The van der Waals surface area contributed by atoms with Crippen LogP contribution >= 0.6 is 11.9 Å². The highest BCUT2D eigenvalue weighted by Crippen LogP contribution is 2.27. The normalized spacial score (nSPS) is 26.6. The van der Waals surface area contributed by atoms with Gasteiger partial charge in [0, 0.05) is 11.4 Å². The van der Waals surface area contributed by atoms with E-state index in [9.17, 15) is 0 Å². The summed E-state index contributed by atoms with van der Waals surface area (Å²) in [5, 5.41) is 0. The Kier molecular flexibility index (Phi) is 3.03. The van der Waals surface area contributed by atoms with Gasteiger partial charge in [-0.05, 0) is 30.9 Å². The summed E-state index contributed by atoms with van der Waals surface area (Å²) in [4.78, 5) is 1.41. The van der Waals surface area contributed by atoms with E-state index in [1.54, 1.807) is 11.9 Å². The first kappa shape index (κ1) is 7.89. The number of rotatable bonds is 1. The molecule has 0 unspecified atom stereocenters. The first-order valence-electron chi connectivity index (χ1n) is 3.64. The molecule has 0 amide bonds. The van der Waals surface area contributed by atoms with Gasteiger partial charge in [-0.2, -0.15) is 0 Å². The van der Waals surface area contributed by atoms with Crippen molar-refractivity contribution in [1.82, 2.24) is 4.72 Å². The van der Waals surface area contributed by atoms with Crippen molar-refractivity contribution in [3.63, 3.8) is 0 Å². The maximum Gasteiger partial charge on any atom is 0.0321 e. The molecule has 1 nitrogen and oxygen atoms in total. The largest absolute Gasteiger partial charge is 0.255 e. The molecule has 0 bridgehead atoms. The van der Waals surface area contributed by atoms with Crippen LogP contribution in [0, 0.1) is 0 Å². The Bertz CT molecular complexity index is 170. The second-order valence-corrected chi connectivity index (χ2v) is 3.15. The van der Waals surface area contributed by atoms with Gasteiger partial charge in [0.2, 0.25) is 0 Å². The van der Waals surface area contributed by atoms with Crippen molar-refractivity contribution in [3.05, 3.63) is 22.6 Å². The van der Waals surface area contributed by atoms with E-state index in [4.69, 9.17) is 0 Å². The highest BCUT2D eigenvalue weighted by molar-refractivity contribution is 8.01. The van der Waals surface area contributed by atoms with E-state index in [-0.39, 0.29) is 0 Å². The molecule has 1 fully saturated rings. The lowest BCUT2D eigenvalue weighted by Gasteiger charge is -1.93. The van der Waals surface area contributed by atoms with Crippen molar-refractivity contribution in [3.8, 4) is 0 Å². The zero-order chi connectivity index (χ0) is 7.40. The van der Waals surface area contributed by atoms with Gasteiger partial charge in [0.05, 0.1) is 0 Å². The Morgan fingerprint density at radius 1 is 1.70 bits per heavy atom. The molecule has 1 heterocycles. The molecule has 56 valence electrons. The van der Waals surface area contributed by atoms with Crippen LogP contribution in [0.5, 0.6) is 0 Å². The fourth-order valence-corrected chi connectivity index (χ4v) is 1.90. The third-order valence-electron chi connectivity index (χ3n) is 1.50. The lowest BCUT2D eigenvalue weighted by atomic mass is 10.2. The molecule has 1 aliphatic rings. The lowest BCUT2D eigenvalue weighted by Crippen LogP contribution is -1.95. The van der Waals surface area contributed by atoms with E-state index in [0.29, 0.717) is 0 Å². The molecule has 10 heavy (non-hydrogen) atoms. The topological polar surface area (TPSA) is 12.0 Å². The van der Waals surface area contributed by atoms with Gasteiger partial charge in [-0.1, -0.05) is 19.1 Å². The van der Waals surface area contributed by atoms with E-state index in [1.165, 1.54) is 10.5 Å². The molecule has 0 atom stereocenters. The van der Waals surface area contributed by atoms with Gasteiger partial charge in [0.25, 0.3) is 0 Å². The van der Waals surface area contributed by atoms with Crippen molar-refractivity contribution < 1.29 is 0 Å². The Morgan fingerprint density at radius 2 is 2.50 bits per heavy atom. The monoisotopic (exact) mass is 155 g/mol. The Balaban J connectivity index is 2.68. The summed E-state index contributed by atoms with van der Waals surface area (Å²) in [6.07, 6.45) is 5.57. The predicted octanol–water partition coefficient (Wildman–Crippen LogP) is 2.48. The summed E-state index contributed by atoms with van der Waals surface area (Å²) >= 11 is 1.74. The number of allylic oxidation sites excluding steroid dienone is 2. The number of hydrogen-bond donors (Lipinski definition) is 1. The molecule has 0 saturated carbocycles. The maximum atomic E-state index is 3.24. The van der Waals surface area contributed by atoms with Gasteiger partial charge in [-0.3, -0.25) is 4.72 Å². The van der Waals surface area contributed by atoms with Crippen LogP contribution in [0.2, 0.25) is 0 Å². The summed E-state index contributed by atoms with van der Waals surface area (Å²) in [5.74, 6) is 0. The van der Waals surface area contributed by atoms with Crippen LogP contribution in [-0.4, -0.2) is 6.54 Å². The van der Waals surface area contributed by atoms with Gasteiger partial charge >= 0.3 is 0 Å². The lowest BCUT2D eigenvalue weighted by molar-refractivity contribution is 1.11. The molecule has 0 radical (unpaired) electrons. The fourth-order valence-electron chi connectivity index (χ4n) is 0.947. The van der Waals surface area contributed by atoms with E-state index in [1.807, 2.05) is 0 Å². The van der Waals surface area contributed by atoms with E-state index >= 15 is 0 Å². The zero-order valence-electron chi connectivity index (χ0n) is 6.48. The third kappa shape index (κ3) is 1.64. The molecule has 0 aliphatic carbocycles. The Morgan fingerprint density at radius 3 is 3.10 bits per heavy atom. The van der Waals surface area contributed by atoms with Crippen molar-refractivity contribution in [2.45, 2.75) is 20.3 Å². The number of nitrogens with one attached hydrogen (secondary N) is 1. The third-order valence-corrected chi connectivity index (χ3v) is 2.44. The van der Waals surface area contributed by atoms with Gasteiger partial charge < -0.3 is 0 Å². The van der Waals surface area contributed by atoms with E-state index < -0.39 is 0 Å². The standard InChI is InChI=1S/C8H13NS/c1-3-5-8-7(4-2)6-9-10-8/h4-5,9H,3,6H2,1-2H3/b7-4-,8-5+. The molecule has 1 rings (SSSR count). The van der Waals surface area contributed by atoms with Crippen LogP contribution in [0.15, 0.2) is 22.6 Å². The van der Waals surface area contributed by atoms with Crippen molar-refractivity contribution in [1.29, 1.82) is 0 Å². The molecule has 0 aromatic carbocycles. The van der Waals surface area contributed by atoms with Crippen molar-refractivity contribution in [2.75, 3.05) is 6.54 Å². The summed E-state index contributed by atoms with van der Waals surface area (Å²) in [6, 6.07) is 0. The zero-order valence-corrected chi connectivity index (χ0v) is 7.29. The van der Waals surface area contributed by atoms with Crippen LogP contribution in [0.1, 0.15) is 20.3 Å². The smallest absolute Gasteiger partial charge is 0.0321 e. The van der Waals surface area contributed by atoms with Crippen LogP contribution < -0.4 is 4.72 Å². The van der Waals surface area contributed by atoms with Crippen LogP contribution in [-0.2, 0) is 0 Å². The molecular weight excluding hydrogens is 142 g/mol. The van der Waals surface area contributed by atoms with E-state index in [0.717, 1.165) is 13.0 Å². The summed E-state index contributed by atoms with van der Waals surface area (Å²) < 4.78 is 3.24. The van der Waals surface area contributed by atoms with Crippen LogP contribution in [0.25, 0.3) is 0 Å². The maximum absolute atomic E-state index is 3.24.